The number of hydrogen-bond donors (Lipinski definition) is 1. The Balaban J connectivity index is 0.00000121. The van der Waals surface area contributed by atoms with Gasteiger partial charge in [0, 0.05) is 5.56 Å². The highest BCUT2D eigenvalue weighted by Crippen LogP contribution is 2.20. The van der Waals surface area contributed by atoms with E-state index < -0.39 is 0 Å². The molecule has 0 saturated heterocycles. The zero-order valence-electron chi connectivity index (χ0n) is 7.17. The molecule has 1 rings (SSSR count). The fraction of sp³-hybridized carbons (Fsp3) is 0.200. The van der Waals surface area contributed by atoms with Crippen molar-refractivity contribution in [1.82, 2.24) is 0 Å². The lowest BCUT2D eigenvalue weighted by Gasteiger charge is -2.04. The fourth-order valence-electron chi connectivity index (χ4n) is 1.10. The molecule has 0 saturated carbocycles. The molecule has 0 fully saturated rings. The molecule has 0 aromatic heterocycles. The summed E-state index contributed by atoms with van der Waals surface area (Å²) >= 11 is 0. The van der Waals surface area contributed by atoms with Crippen molar-refractivity contribution in [3.63, 3.8) is 0 Å². The highest BCUT2D eigenvalue weighted by molar-refractivity contribution is 7.59. The highest BCUT2D eigenvalue weighted by atomic mass is 32.1. The summed E-state index contributed by atoms with van der Waals surface area (Å²) < 4.78 is 0. The summed E-state index contributed by atoms with van der Waals surface area (Å²) in [4.78, 5) is 0. The number of benzene rings is 1. The summed E-state index contributed by atoms with van der Waals surface area (Å²) in [6, 6.07) is 5.53. The molecule has 0 spiro atoms. The molecule has 1 aromatic rings. The van der Waals surface area contributed by atoms with Crippen molar-refractivity contribution in [3.8, 4) is 5.75 Å². The predicted molar refractivity (Wildman–Crippen MR) is 57.1 cm³/mol. The van der Waals surface area contributed by atoms with Crippen LogP contribution in [0.5, 0.6) is 5.75 Å². The lowest BCUT2D eigenvalue weighted by molar-refractivity contribution is 0.469. The standard InChI is InChI=1S/C10H12O.H2S/c1-3-5-9-8(2)6-4-7-10(9)11;/h3-4,6-7,11H,1,5H2,2H3;1H2. The maximum Gasteiger partial charge on any atom is 0.119 e. The van der Waals surface area contributed by atoms with E-state index in [1.165, 1.54) is 0 Å². The molecular formula is C10H14OS. The van der Waals surface area contributed by atoms with Crippen LogP contribution in [0.25, 0.3) is 0 Å². The number of aryl methyl sites for hydroxylation is 1. The van der Waals surface area contributed by atoms with Gasteiger partial charge in [-0.2, -0.15) is 13.5 Å². The van der Waals surface area contributed by atoms with Gasteiger partial charge in [0.1, 0.15) is 5.75 Å². The van der Waals surface area contributed by atoms with E-state index in [2.05, 4.69) is 6.58 Å². The lowest BCUT2D eigenvalue weighted by Crippen LogP contribution is -1.86. The van der Waals surface area contributed by atoms with Crippen LogP contribution in [0.2, 0.25) is 0 Å². The second kappa shape index (κ2) is 4.88. The summed E-state index contributed by atoms with van der Waals surface area (Å²) in [6.07, 6.45) is 2.53. The van der Waals surface area contributed by atoms with Crippen molar-refractivity contribution in [3.05, 3.63) is 42.0 Å². The Morgan fingerprint density at radius 1 is 1.50 bits per heavy atom. The topological polar surface area (TPSA) is 20.2 Å². The van der Waals surface area contributed by atoms with Crippen LogP contribution in [0, 0.1) is 6.92 Å². The summed E-state index contributed by atoms with van der Waals surface area (Å²) in [5.41, 5.74) is 2.09. The minimum atomic E-state index is 0. The fourth-order valence-corrected chi connectivity index (χ4v) is 1.10. The first-order chi connectivity index (χ1) is 5.25. The number of rotatable bonds is 2. The summed E-state index contributed by atoms with van der Waals surface area (Å²) in [5, 5.41) is 9.37. The van der Waals surface area contributed by atoms with Crippen LogP contribution >= 0.6 is 13.5 Å². The van der Waals surface area contributed by atoms with Gasteiger partial charge in [0.05, 0.1) is 0 Å². The quantitative estimate of drug-likeness (QED) is 0.697. The molecule has 2 heteroatoms. The Bertz CT molecular complexity index is 248. The predicted octanol–water partition coefficient (Wildman–Crippen LogP) is 2.54. The first-order valence-corrected chi connectivity index (χ1v) is 3.64. The van der Waals surface area contributed by atoms with Crippen LogP contribution in [0.4, 0.5) is 0 Å². The monoisotopic (exact) mass is 182 g/mol. The Morgan fingerprint density at radius 2 is 2.17 bits per heavy atom. The van der Waals surface area contributed by atoms with E-state index in [-0.39, 0.29) is 13.5 Å². The van der Waals surface area contributed by atoms with Crippen LogP contribution in [-0.4, -0.2) is 5.11 Å². The van der Waals surface area contributed by atoms with E-state index in [4.69, 9.17) is 0 Å². The van der Waals surface area contributed by atoms with Crippen LogP contribution < -0.4 is 0 Å². The SMILES string of the molecule is C=CCc1c(C)cccc1O.S. The van der Waals surface area contributed by atoms with Gasteiger partial charge in [-0.25, -0.2) is 0 Å². The van der Waals surface area contributed by atoms with Gasteiger partial charge >= 0.3 is 0 Å². The molecule has 12 heavy (non-hydrogen) atoms. The molecule has 0 atom stereocenters. The maximum atomic E-state index is 9.37. The van der Waals surface area contributed by atoms with Crippen molar-refractivity contribution < 1.29 is 5.11 Å². The van der Waals surface area contributed by atoms with Crippen LogP contribution in [0.15, 0.2) is 30.9 Å². The average molecular weight is 182 g/mol. The molecule has 0 aliphatic carbocycles. The van der Waals surface area contributed by atoms with Gasteiger partial charge in [-0.1, -0.05) is 18.2 Å². The zero-order valence-corrected chi connectivity index (χ0v) is 8.17. The second-order valence-electron chi connectivity index (χ2n) is 2.57. The van der Waals surface area contributed by atoms with Gasteiger partial charge in [-0.15, -0.1) is 6.58 Å². The Labute approximate surface area is 80.2 Å². The van der Waals surface area contributed by atoms with Crippen molar-refractivity contribution >= 4 is 13.5 Å². The van der Waals surface area contributed by atoms with Crippen molar-refractivity contribution in [1.29, 1.82) is 0 Å². The second-order valence-corrected chi connectivity index (χ2v) is 2.57. The van der Waals surface area contributed by atoms with Crippen molar-refractivity contribution in [2.45, 2.75) is 13.3 Å². The van der Waals surface area contributed by atoms with Crippen LogP contribution in [0.3, 0.4) is 0 Å². The number of phenols is 1. The summed E-state index contributed by atoms with van der Waals surface area (Å²) in [6.45, 7) is 5.61. The largest absolute Gasteiger partial charge is 0.508 e. The van der Waals surface area contributed by atoms with Crippen LogP contribution in [-0.2, 0) is 6.42 Å². The Hall–Kier alpha value is -0.890. The summed E-state index contributed by atoms with van der Waals surface area (Å²) in [7, 11) is 0. The molecule has 66 valence electrons. The molecule has 0 aliphatic rings. The Kier molecular flexibility index (Phi) is 4.52. The van der Waals surface area contributed by atoms with Crippen molar-refractivity contribution in [2.24, 2.45) is 0 Å². The number of phenolic OH excluding ortho intramolecular Hbond substituents is 1. The van der Waals surface area contributed by atoms with E-state index in [0.29, 0.717) is 5.75 Å². The number of aromatic hydroxyl groups is 1. The third-order valence-corrected chi connectivity index (χ3v) is 1.73. The Morgan fingerprint density at radius 3 is 2.67 bits per heavy atom. The molecule has 1 N–H and O–H groups in total. The molecule has 0 aliphatic heterocycles. The maximum absolute atomic E-state index is 9.37. The molecule has 1 aromatic carbocycles. The average Bonchev–Trinajstić information content (AvgIpc) is 1.97. The number of hydrogen-bond acceptors (Lipinski definition) is 1. The lowest BCUT2D eigenvalue weighted by atomic mass is 10.1. The van der Waals surface area contributed by atoms with Gasteiger partial charge in [0.25, 0.3) is 0 Å². The molecule has 0 amide bonds. The minimum absolute atomic E-state index is 0. The van der Waals surface area contributed by atoms with E-state index >= 15 is 0 Å². The third-order valence-electron chi connectivity index (χ3n) is 1.73. The normalized spacial score (nSPS) is 8.75. The molecule has 0 radical (unpaired) electrons. The van der Waals surface area contributed by atoms with Gasteiger partial charge < -0.3 is 5.11 Å². The first-order valence-electron chi connectivity index (χ1n) is 3.64. The first kappa shape index (κ1) is 11.1. The smallest absolute Gasteiger partial charge is 0.119 e. The van der Waals surface area contributed by atoms with Gasteiger partial charge in [0.2, 0.25) is 0 Å². The van der Waals surface area contributed by atoms with Gasteiger partial charge in [-0.05, 0) is 25.0 Å². The van der Waals surface area contributed by atoms with Gasteiger partial charge in [-0.3, -0.25) is 0 Å². The van der Waals surface area contributed by atoms with E-state index in [1.807, 2.05) is 19.1 Å². The van der Waals surface area contributed by atoms with E-state index in [0.717, 1.165) is 17.5 Å². The van der Waals surface area contributed by atoms with E-state index in [9.17, 15) is 5.11 Å². The molecule has 1 nitrogen and oxygen atoms in total. The van der Waals surface area contributed by atoms with E-state index in [1.54, 1.807) is 12.1 Å². The third kappa shape index (κ3) is 2.31. The highest BCUT2D eigenvalue weighted by Gasteiger charge is 2.00. The van der Waals surface area contributed by atoms with Crippen LogP contribution in [0.1, 0.15) is 11.1 Å². The molecular weight excluding hydrogens is 168 g/mol. The molecule has 0 heterocycles. The molecule has 0 unspecified atom stereocenters. The molecule has 0 bridgehead atoms. The van der Waals surface area contributed by atoms with Crippen molar-refractivity contribution in [2.75, 3.05) is 0 Å². The zero-order chi connectivity index (χ0) is 8.27. The van der Waals surface area contributed by atoms with Gasteiger partial charge in [0.15, 0.2) is 0 Å². The summed E-state index contributed by atoms with van der Waals surface area (Å²) in [5.74, 6) is 0.366. The number of allylic oxidation sites excluding steroid dienone is 1. The minimum Gasteiger partial charge on any atom is -0.508 e.